The van der Waals surface area contributed by atoms with Crippen LogP contribution < -0.4 is 11.1 Å². The van der Waals surface area contributed by atoms with Gasteiger partial charge in [0.2, 0.25) is 5.91 Å². The molecule has 1 aliphatic carbocycles. The van der Waals surface area contributed by atoms with Crippen LogP contribution in [0.1, 0.15) is 39.0 Å². The summed E-state index contributed by atoms with van der Waals surface area (Å²) in [7, 11) is 1.65. The third kappa shape index (κ3) is 4.10. The van der Waals surface area contributed by atoms with Crippen LogP contribution in [0.3, 0.4) is 0 Å². The third-order valence-electron chi connectivity index (χ3n) is 3.37. The second kappa shape index (κ2) is 6.86. The molecule has 0 bridgehead atoms. The molecule has 1 amide bonds. The standard InChI is InChI=1S/C12H24N2O2/c1-9(16-2)8-14-12(15)10-6-4-3-5-7-11(10)13/h9-11H,3-8,13H2,1-2H3,(H,14,15). The van der Waals surface area contributed by atoms with E-state index < -0.39 is 0 Å². The van der Waals surface area contributed by atoms with Gasteiger partial charge in [-0.2, -0.15) is 0 Å². The largest absolute Gasteiger partial charge is 0.380 e. The van der Waals surface area contributed by atoms with Gasteiger partial charge in [0.05, 0.1) is 12.0 Å². The number of carbonyl (C=O) groups excluding carboxylic acids is 1. The number of carbonyl (C=O) groups is 1. The first-order valence-electron chi connectivity index (χ1n) is 6.21. The zero-order valence-electron chi connectivity index (χ0n) is 10.4. The molecule has 1 saturated carbocycles. The van der Waals surface area contributed by atoms with E-state index in [9.17, 15) is 4.79 Å². The summed E-state index contributed by atoms with van der Waals surface area (Å²) in [4.78, 5) is 11.9. The van der Waals surface area contributed by atoms with E-state index in [-0.39, 0.29) is 24.0 Å². The normalized spacial score (nSPS) is 28.2. The van der Waals surface area contributed by atoms with Crippen LogP contribution in [0.15, 0.2) is 0 Å². The van der Waals surface area contributed by atoms with Gasteiger partial charge in [0.25, 0.3) is 0 Å². The van der Waals surface area contributed by atoms with Crippen molar-refractivity contribution in [3.8, 4) is 0 Å². The topological polar surface area (TPSA) is 64.3 Å². The molecule has 0 aliphatic heterocycles. The van der Waals surface area contributed by atoms with E-state index >= 15 is 0 Å². The number of ether oxygens (including phenoxy) is 1. The molecule has 0 saturated heterocycles. The molecule has 1 fully saturated rings. The number of methoxy groups -OCH3 is 1. The number of nitrogens with one attached hydrogen (secondary N) is 1. The molecule has 1 rings (SSSR count). The highest BCUT2D eigenvalue weighted by atomic mass is 16.5. The summed E-state index contributed by atoms with van der Waals surface area (Å²) in [6.45, 7) is 2.51. The van der Waals surface area contributed by atoms with Crippen LogP contribution in [0.5, 0.6) is 0 Å². The number of hydrogen-bond donors (Lipinski definition) is 2. The van der Waals surface area contributed by atoms with Crippen LogP contribution in [0, 0.1) is 5.92 Å². The number of hydrogen-bond acceptors (Lipinski definition) is 3. The summed E-state index contributed by atoms with van der Waals surface area (Å²) in [5.74, 6) is 0.0878. The van der Waals surface area contributed by atoms with Gasteiger partial charge in [-0.1, -0.05) is 19.3 Å². The van der Waals surface area contributed by atoms with Gasteiger partial charge in [-0.05, 0) is 19.8 Å². The van der Waals surface area contributed by atoms with Crippen LogP contribution in [0.25, 0.3) is 0 Å². The third-order valence-corrected chi connectivity index (χ3v) is 3.37. The predicted molar refractivity (Wildman–Crippen MR) is 64.0 cm³/mol. The van der Waals surface area contributed by atoms with E-state index in [1.165, 1.54) is 6.42 Å². The summed E-state index contributed by atoms with van der Waals surface area (Å²) in [5.41, 5.74) is 6.03. The Hall–Kier alpha value is -0.610. The first-order valence-corrected chi connectivity index (χ1v) is 6.21. The van der Waals surface area contributed by atoms with Crippen molar-refractivity contribution in [2.24, 2.45) is 11.7 Å². The van der Waals surface area contributed by atoms with Crippen LogP contribution in [0.2, 0.25) is 0 Å². The van der Waals surface area contributed by atoms with E-state index in [0.29, 0.717) is 6.54 Å². The van der Waals surface area contributed by atoms with Crippen LogP contribution >= 0.6 is 0 Å². The molecule has 3 N–H and O–H groups in total. The average molecular weight is 228 g/mol. The quantitative estimate of drug-likeness (QED) is 0.707. The van der Waals surface area contributed by atoms with Gasteiger partial charge in [0.1, 0.15) is 0 Å². The highest BCUT2D eigenvalue weighted by molar-refractivity contribution is 5.79. The molecule has 0 aromatic rings. The highest BCUT2D eigenvalue weighted by Gasteiger charge is 2.26. The maximum Gasteiger partial charge on any atom is 0.224 e. The van der Waals surface area contributed by atoms with Crippen LogP contribution in [0.4, 0.5) is 0 Å². The van der Waals surface area contributed by atoms with Gasteiger partial charge in [-0.25, -0.2) is 0 Å². The fourth-order valence-corrected chi connectivity index (χ4v) is 2.12. The van der Waals surface area contributed by atoms with Crippen molar-refractivity contribution >= 4 is 5.91 Å². The van der Waals surface area contributed by atoms with Gasteiger partial charge in [0, 0.05) is 19.7 Å². The minimum atomic E-state index is -0.00782. The van der Waals surface area contributed by atoms with Crippen molar-refractivity contribution in [2.75, 3.05) is 13.7 Å². The van der Waals surface area contributed by atoms with E-state index in [1.54, 1.807) is 7.11 Å². The Morgan fingerprint density at radius 3 is 2.81 bits per heavy atom. The Morgan fingerprint density at radius 1 is 1.44 bits per heavy atom. The number of nitrogens with two attached hydrogens (primary N) is 1. The molecule has 0 aromatic heterocycles. The molecule has 4 nitrogen and oxygen atoms in total. The molecule has 3 atom stereocenters. The molecule has 0 heterocycles. The molecule has 16 heavy (non-hydrogen) atoms. The van der Waals surface area contributed by atoms with Crippen molar-refractivity contribution in [2.45, 2.75) is 51.2 Å². The average Bonchev–Trinajstić information content (AvgIpc) is 2.50. The van der Waals surface area contributed by atoms with Gasteiger partial charge >= 0.3 is 0 Å². The lowest BCUT2D eigenvalue weighted by molar-refractivity contribution is -0.126. The summed E-state index contributed by atoms with van der Waals surface area (Å²) in [6.07, 6.45) is 5.43. The first-order chi connectivity index (χ1) is 7.65. The molecule has 0 radical (unpaired) electrons. The minimum Gasteiger partial charge on any atom is -0.380 e. The fraction of sp³-hybridized carbons (Fsp3) is 0.917. The van der Waals surface area contributed by atoms with E-state index in [0.717, 1.165) is 25.7 Å². The van der Waals surface area contributed by atoms with Gasteiger partial charge in [-0.15, -0.1) is 0 Å². The number of amides is 1. The Bertz CT molecular complexity index is 221. The lowest BCUT2D eigenvalue weighted by Gasteiger charge is -2.21. The molecular formula is C12H24N2O2. The molecule has 0 aromatic carbocycles. The van der Waals surface area contributed by atoms with Crippen molar-refractivity contribution in [1.29, 1.82) is 0 Å². The monoisotopic (exact) mass is 228 g/mol. The second-order valence-electron chi connectivity index (χ2n) is 4.70. The van der Waals surface area contributed by atoms with E-state index in [2.05, 4.69) is 5.32 Å². The molecule has 4 heteroatoms. The van der Waals surface area contributed by atoms with Gasteiger partial charge in [0.15, 0.2) is 0 Å². The molecule has 0 spiro atoms. The van der Waals surface area contributed by atoms with Crippen LogP contribution in [-0.2, 0) is 9.53 Å². The van der Waals surface area contributed by atoms with Gasteiger partial charge in [-0.3, -0.25) is 4.79 Å². The summed E-state index contributed by atoms with van der Waals surface area (Å²) < 4.78 is 5.09. The van der Waals surface area contributed by atoms with E-state index in [1.807, 2.05) is 6.92 Å². The van der Waals surface area contributed by atoms with Crippen molar-refractivity contribution in [1.82, 2.24) is 5.32 Å². The first kappa shape index (κ1) is 13.5. The predicted octanol–water partition coefficient (Wildman–Crippen LogP) is 1.05. The Labute approximate surface area is 97.9 Å². The van der Waals surface area contributed by atoms with Crippen molar-refractivity contribution < 1.29 is 9.53 Å². The zero-order valence-corrected chi connectivity index (χ0v) is 10.4. The van der Waals surface area contributed by atoms with Gasteiger partial charge < -0.3 is 15.8 Å². The van der Waals surface area contributed by atoms with Crippen molar-refractivity contribution in [3.63, 3.8) is 0 Å². The van der Waals surface area contributed by atoms with Crippen LogP contribution in [-0.4, -0.2) is 31.7 Å². The maximum atomic E-state index is 11.9. The Morgan fingerprint density at radius 2 is 2.12 bits per heavy atom. The molecule has 3 unspecified atom stereocenters. The second-order valence-corrected chi connectivity index (χ2v) is 4.70. The fourth-order valence-electron chi connectivity index (χ4n) is 2.12. The summed E-state index contributed by atoms with van der Waals surface area (Å²) in [6, 6.07) is 0.0281. The Balaban J connectivity index is 2.38. The minimum absolute atomic E-state index is 0.00782. The van der Waals surface area contributed by atoms with E-state index in [4.69, 9.17) is 10.5 Å². The maximum absolute atomic E-state index is 11.9. The zero-order chi connectivity index (χ0) is 12.0. The molecular weight excluding hydrogens is 204 g/mol. The highest BCUT2D eigenvalue weighted by Crippen LogP contribution is 2.22. The van der Waals surface area contributed by atoms with Crippen molar-refractivity contribution in [3.05, 3.63) is 0 Å². The smallest absolute Gasteiger partial charge is 0.224 e. The SMILES string of the molecule is COC(C)CNC(=O)C1CCCCCC1N. The summed E-state index contributed by atoms with van der Waals surface area (Å²) >= 11 is 0. The lowest BCUT2D eigenvalue weighted by atomic mass is 9.94. The lowest BCUT2D eigenvalue weighted by Crippen LogP contribution is -2.43. The Kier molecular flexibility index (Phi) is 5.77. The summed E-state index contributed by atoms with van der Waals surface area (Å²) in [5, 5.41) is 2.92. The molecule has 1 aliphatic rings. The molecule has 94 valence electrons. The number of rotatable bonds is 4.